The zero-order valence-electron chi connectivity index (χ0n) is 5.90. The Balaban J connectivity index is 2.93. The van der Waals surface area contributed by atoms with E-state index in [-0.39, 0.29) is 0 Å². The van der Waals surface area contributed by atoms with Crippen LogP contribution in [0.5, 0.6) is 0 Å². The van der Waals surface area contributed by atoms with Gasteiger partial charge in [-0.1, -0.05) is 0 Å². The van der Waals surface area contributed by atoms with Crippen LogP contribution in [0.3, 0.4) is 0 Å². The van der Waals surface area contributed by atoms with E-state index in [1.807, 2.05) is 0 Å². The van der Waals surface area contributed by atoms with Crippen LogP contribution in [-0.2, 0) is 0 Å². The topological polar surface area (TPSA) is 3.24 Å². The average molecular weight is 211 g/mol. The zero-order valence-corrected chi connectivity index (χ0v) is 5.90. The third-order valence-electron chi connectivity index (χ3n) is 1.68. The minimum absolute atomic E-state index is 1.95. The summed E-state index contributed by atoms with van der Waals surface area (Å²) in [6.45, 7) is 0. The molecule has 0 spiro atoms. The van der Waals surface area contributed by atoms with Gasteiger partial charge in [0.05, 0.1) is 0 Å². The molecule has 1 rings (SSSR count). The number of rotatable bonds is 0. The van der Waals surface area contributed by atoms with Crippen LogP contribution in [-0.4, -0.2) is 36.0 Å². The Morgan fingerprint density at radius 2 is 1.38 bits per heavy atom. The SMILES string of the molecule is FC1C(F)C(F)C(F)(F)N(F)C1F. The van der Waals surface area contributed by atoms with E-state index in [1.54, 1.807) is 0 Å². The maximum Gasteiger partial charge on any atom is 0.366 e. The van der Waals surface area contributed by atoms with Crippen LogP contribution in [0.4, 0.5) is 30.8 Å². The lowest BCUT2D eigenvalue weighted by Gasteiger charge is -2.36. The number of halogens is 7. The Hall–Kier alpha value is -0.530. The van der Waals surface area contributed by atoms with Gasteiger partial charge in [-0.2, -0.15) is 8.78 Å². The fourth-order valence-electron chi connectivity index (χ4n) is 0.912. The second-order valence-electron chi connectivity index (χ2n) is 2.56. The van der Waals surface area contributed by atoms with E-state index in [1.165, 1.54) is 0 Å². The number of nitrogens with zero attached hydrogens (tertiary/aromatic N) is 1. The molecule has 1 aliphatic rings. The summed E-state index contributed by atoms with van der Waals surface area (Å²) in [5, 5.41) is -1.95. The molecule has 0 aromatic carbocycles. The molecule has 1 nitrogen and oxygen atoms in total. The minimum Gasteiger partial charge on any atom is -0.241 e. The fraction of sp³-hybridized carbons (Fsp3) is 1.00. The molecule has 1 fully saturated rings. The van der Waals surface area contributed by atoms with Gasteiger partial charge in [0.2, 0.25) is 12.5 Å². The summed E-state index contributed by atoms with van der Waals surface area (Å²) in [5.74, 6) is 0. The zero-order chi connectivity index (χ0) is 10.4. The molecule has 1 saturated heterocycles. The molecule has 0 aromatic heterocycles. The number of hydrogen-bond acceptors (Lipinski definition) is 1. The standard InChI is InChI=1S/C5H4F7N/c6-1-2(7)4(9)13(12)5(10,11)3(1)8/h1-4H. The summed E-state index contributed by atoms with van der Waals surface area (Å²) < 4.78 is 85.3. The van der Waals surface area contributed by atoms with Crippen molar-refractivity contribution in [1.82, 2.24) is 5.12 Å². The van der Waals surface area contributed by atoms with Gasteiger partial charge in [0.1, 0.15) is 0 Å². The predicted molar refractivity (Wildman–Crippen MR) is 27.5 cm³/mol. The second kappa shape index (κ2) is 3.00. The summed E-state index contributed by atoms with van der Waals surface area (Å²) >= 11 is 0. The van der Waals surface area contributed by atoms with Gasteiger partial charge < -0.3 is 0 Å². The Bertz CT molecular complexity index is 179. The van der Waals surface area contributed by atoms with Crippen molar-refractivity contribution >= 4 is 0 Å². The highest BCUT2D eigenvalue weighted by molar-refractivity contribution is 4.94. The first-order valence-electron chi connectivity index (χ1n) is 3.19. The van der Waals surface area contributed by atoms with E-state index >= 15 is 0 Å². The quantitative estimate of drug-likeness (QED) is 0.337. The minimum atomic E-state index is -4.97. The summed E-state index contributed by atoms with van der Waals surface area (Å²) in [4.78, 5) is 0. The van der Waals surface area contributed by atoms with Gasteiger partial charge in [-0.3, -0.25) is 0 Å². The lowest BCUT2D eigenvalue weighted by Crippen LogP contribution is -2.62. The lowest BCUT2D eigenvalue weighted by molar-refractivity contribution is -0.346. The smallest absolute Gasteiger partial charge is 0.241 e. The van der Waals surface area contributed by atoms with Gasteiger partial charge in [0, 0.05) is 0 Å². The van der Waals surface area contributed by atoms with Gasteiger partial charge in [0.25, 0.3) is 0 Å². The molecule has 0 aromatic rings. The molecule has 0 radical (unpaired) electrons. The van der Waals surface area contributed by atoms with Crippen molar-refractivity contribution in [3.05, 3.63) is 0 Å². The number of alkyl halides is 6. The van der Waals surface area contributed by atoms with Crippen LogP contribution in [0.2, 0.25) is 0 Å². The van der Waals surface area contributed by atoms with Crippen molar-refractivity contribution in [3.63, 3.8) is 0 Å². The maximum atomic E-state index is 12.2. The van der Waals surface area contributed by atoms with Crippen molar-refractivity contribution in [1.29, 1.82) is 0 Å². The highest BCUT2D eigenvalue weighted by Gasteiger charge is 2.63. The summed E-state index contributed by atoms with van der Waals surface area (Å²) in [6, 6.07) is -4.97. The highest BCUT2D eigenvalue weighted by atomic mass is 19.3. The van der Waals surface area contributed by atoms with E-state index in [9.17, 15) is 30.8 Å². The van der Waals surface area contributed by atoms with Crippen molar-refractivity contribution in [2.75, 3.05) is 0 Å². The van der Waals surface area contributed by atoms with Crippen LogP contribution in [0.15, 0.2) is 0 Å². The van der Waals surface area contributed by atoms with E-state index in [0.29, 0.717) is 0 Å². The van der Waals surface area contributed by atoms with Gasteiger partial charge in [-0.05, 0) is 5.12 Å². The third-order valence-corrected chi connectivity index (χ3v) is 1.68. The second-order valence-corrected chi connectivity index (χ2v) is 2.56. The average Bonchev–Trinajstić information content (AvgIpc) is 2.09. The van der Waals surface area contributed by atoms with Crippen molar-refractivity contribution < 1.29 is 30.8 Å². The number of piperidine rings is 1. The fourth-order valence-corrected chi connectivity index (χ4v) is 0.912. The molecular weight excluding hydrogens is 207 g/mol. The summed E-state index contributed by atoms with van der Waals surface area (Å²) in [7, 11) is 0. The Kier molecular flexibility index (Phi) is 2.44. The van der Waals surface area contributed by atoms with Crippen LogP contribution >= 0.6 is 0 Å². The first-order valence-corrected chi connectivity index (χ1v) is 3.19. The van der Waals surface area contributed by atoms with Crippen LogP contribution in [0, 0.1) is 0 Å². The molecule has 13 heavy (non-hydrogen) atoms. The van der Waals surface area contributed by atoms with E-state index in [2.05, 4.69) is 0 Å². The van der Waals surface area contributed by atoms with Crippen LogP contribution < -0.4 is 0 Å². The normalized spacial score (nSPS) is 46.4. The molecule has 4 unspecified atom stereocenters. The summed E-state index contributed by atoms with van der Waals surface area (Å²) in [6.07, 6.45) is -13.8. The molecule has 1 aliphatic heterocycles. The monoisotopic (exact) mass is 211 g/mol. The molecule has 4 atom stereocenters. The van der Waals surface area contributed by atoms with Gasteiger partial charge >= 0.3 is 6.05 Å². The number of hydrogen-bond donors (Lipinski definition) is 0. The van der Waals surface area contributed by atoms with Gasteiger partial charge in [0.15, 0.2) is 12.3 Å². The van der Waals surface area contributed by atoms with E-state index in [0.717, 1.165) is 0 Å². The molecule has 8 heteroatoms. The molecule has 0 saturated carbocycles. The third kappa shape index (κ3) is 1.36. The Labute approximate surface area is 68.0 Å². The Morgan fingerprint density at radius 1 is 0.923 bits per heavy atom. The highest BCUT2D eigenvalue weighted by Crippen LogP contribution is 2.40. The summed E-state index contributed by atoms with van der Waals surface area (Å²) in [5.41, 5.74) is 0. The molecular formula is C5H4F7N. The molecule has 0 aliphatic carbocycles. The molecule has 0 bridgehead atoms. The molecule has 78 valence electrons. The largest absolute Gasteiger partial charge is 0.366 e. The van der Waals surface area contributed by atoms with Gasteiger partial charge in [-0.15, -0.1) is 4.48 Å². The van der Waals surface area contributed by atoms with Crippen molar-refractivity contribution in [2.45, 2.75) is 30.9 Å². The van der Waals surface area contributed by atoms with E-state index in [4.69, 9.17) is 0 Å². The molecule has 1 heterocycles. The first kappa shape index (κ1) is 10.6. The van der Waals surface area contributed by atoms with Crippen LogP contribution in [0.25, 0.3) is 0 Å². The Morgan fingerprint density at radius 3 is 1.85 bits per heavy atom. The molecule has 0 amide bonds. The first-order chi connectivity index (χ1) is 5.80. The lowest BCUT2D eigenvalue weighted by atomic mass is 10.0. The van der Waals surface area contributed by atoms with Crippen molar-refractivity contribution in [3.8, 4) is 0 Å². The van der Waals surface area contributed by atoms with Crippen LogP contribution in [0.1, 0.15) is 0 Å². The predicted octanol–water partition coefficient (Wildman–Crippen LogP) is 2.09. The van der Waals surface area contributed by atoms with Gasteiger partial charge in [-0.25, -0.2) is 17.6 Å². The van der Waals surface area contributed by atoms with Crippen molar-refractivity contribution in [2.24, 2.45) is 0 Å². The van der Waals surface area contributed by atoms with E-state index < -0.39 is 36.0 Å². The maximum absolute atomic E-state index is 12.2. The molecule has 0 N–H and O–H groups in total.